The molecule has 0 spiro atoms. The number of benzene rings is 3. The zero-order valence-corrected chi connectivity index (χ0v) is 22.4. The fraction of sp³-hybridized carbons (Fsp3) is 0.240. The third-order valence-electron chi connectivity index (χ3n) is 4.60. The molecule has 0 saturated carbocycles. The van der Waals surface area contributed by atoms with Crippen molar-refractivity contribution < 1.29 is 24.5 Å². The maximum absolute atomic E-state index is 10.7. The summed E-state index contributed by atoms with van der Waals surface area (Å²) in [5.74, 6) is 1.12. The van der Waals surface area contributed by atoms with Crippen molar-refractivity contribution in [3.63, 3.8) is 0 Å². The molecule has 32 heavy (non-hydrogen) atoms. The first-order valence-corrected chi connectivity index (χ1v) is 16.6. The number of phenols is 1. The van der Waals surface area contributed by atoms with Crippen LogP contribution in [0.25, 0.3) is 11.1 Å². The monoisotopic (exact) mass is 526 g/mol. The van der Waals surface area contributed by atoms with Gasteiger partial charge in [-0.25, -0.2) is 0 Å². The van der Waals surface area contributed by atoms with Crippen molar-refractivity contribution in [1.29, 1.82) is 0 Å². The molecule has 169 valence electrons. The molecule has 0 amide bonds. The first kappa shape index (κ1) is 26.8. The van der Waals surface area contributed by atoms with Crippen molar-refractivity contribution in [2.24, 2.45) is 4.99 Å². The number of halogens is 3. The van der Waals surface area contributed by atoms with E-state index in [1.807, 2.05) is 73.7 Å². The summed E-state index contributed by atoms with van der Waals surface area (Å²) in [6.07, 6.45) is 1.73. The Morgan fingerprint density at radius 1 is 0.906 bits per heavy atom. The fourth-order valence-corrected chi connectivity index (χ4v) is 3.19. The van der Waals surface area contributed by atoms with Crippen LogP contribution in [0.3, 0.4) is 0 Å². The Balaban J connectivity index is 0.000000837. The molecular weight excluding hydrogens is 501 g/mol. The van der Waals surface area contributed by atoms with Crippen molar-refractivity contribution in [2.75, 3.05) is 6.61 Å². The van der Waals surface area contributed by atoms with Gasteiger partial charge in [0.1, 0.15) is 11.5 Å². The molecular formula is C25H27Cl3NO2Ti. The van der Waals surface area contributed by atoms with Crippen molar-refractivity contribution >= 4 is 39.8 Å². The summed E-state index contributed by atoms with van der Waals surface area (Å²) in [6, 6.07) is 21.7. The number of nitrogens with zero attached hydrogens (tertiary/aromatic N) is 1. The number of hydrogen-bond acceptors (Lipinski definition) is 3. The second kappa shape index (κ2) is 12.7. The van der Waals surface area contributed by atoms with Crippen molar-refractivity contribution in [1.82, 2.24) is 0 Å². The maximum atomic E-state index is 10.7. The fourth-order valence-electron chi connectivity index (χ4n) is 3.19. The van der Waals surface area contributed by atoms with Gasteiger partial charge in [0.05, 0.1) is 12.3 Å². The van der Waals surface area contributed by atoms with Gasteiger partial charge in [-0.2, -0.15) is 0 Å². The van der Waals surface area contributed by atoms with Gasteiger partial charge in [-0.1, -0.05) is 69.3 Å². The van der Waals surface area contributed by atoms with Crippen LogP contribution in [0.4, 0.5) is 5.69 Å². The molecule has 0 aliphatic carbocycles. The average Bonchev–Trinajstić information content (AvgIpc) is 2.73. The van der Waals surface area contributed by atoms with Crippen molar-refractivity contribution in [3.05, 3.63) is 77.9 Å². The molecule has 0 fully saturated rings. The van der Waals surface area contributed by atoms with E-state index in [2.05, 4.69) is 20.8 Å². The summed E-state index contributed by atoms with van der Waals surface area (Å²) in [4.78, 5) is 4.70. The van der Waals surface area contributed by atoms with E-state index in [-0.39, 0.29) is 11.2 Å². The average molecular weight is 528 g/mol. The topological polar surface area (TPSA) is 41.8 Å². The van der Waals surface area contributed by atoms with Crippen LogP contribution in [-0.2, 0) is 20.1 Å². The van der Waals surface area contributed by atoms with E-state index < -0.39 is 14.7 Å². The summed E-state index contributed by atoms with van der Waals surface area (Å²) in [7, 11) is 14.9. The Bertz CT molecular complexity index is 1050. The number of phenolic OH excluding ortho intramolecular Hbond substituents is 1. The molecule has 3 aromatic rings. The SMILES string of the molecule is CCOc1ccccc1-c1ccccc1N=Cc1cccc(C(C)(C)C)c1O.[Cl][Ti]([Cl])[Cl]. The third-order valence-corrected chi connectivity index (χ3v) is 4.60. The van der Waals surface area contributed by atoms with E-state index in [0.29, 0.717) is 12.2 Å². The van der Waals surface area contributed by atoms with Crippen molar-refractivity contribution in [2.45, 2.75) is 33.1 Å². The number of aromatic hydroxyl groups is 1. The first-order chi connectivity index (χ1) is 15.1. The zero-order chi connectivity index (χ0) is 23.7. The van der Waals surface area contributed by atoms with Crippen LogP contribution in [0.2, 0.25) is 0 Å². The molecule has 3 aromatic carbocycles. The van der Waals surface area contributed by atoms with Gasteiger partial charge in [0.15, 0.2) is 0 Å². The molecule has 0 aliphatic heterocycles. The van der Waals surface area contributed by atoms with Gasteiger partial charge in [-0.15, -0.1) is 0 Å². The molecule has 3 nitrogen and oxygen atoms in total. The predicted molar refractivity (Wildman–Crippen MR) is 135 cm³/mol. The number of ether oxygens (including phenoxy) is 1. The van der Waals surface area contributed by atoms with Crippen LogP contribution in [0, 0.1) is 0 Å². The van der Waals surface area contributed by atoms with Gasteiger partial charge >= 0.3 is 42.6 Å². The van der Waals surface area contributed by atoms with E-state index in [9.17, 15) is 5.11 Å². The van der Waals surface area contributed by atoms with Crippen molar-refractivity contribution in [3.8, 4) is 22.6 Å². The summed E-state index contributed by atoms with van der Waals surface area (Å²) >= 11 is -1.92. The predicted octanol–water partition coefficient (Wildman–Crippen LogP) is 8.57. The molecule has 1 N–H and O–H groups in total. The van der Waals surface area contributed by atoms with Gasteiger partial charge in [0, 0.05) is 22.9 Å². The van der Waals surface area contributed by atoms with Gasteiger partial charge in [-0.05, 0) is 36.1 Å². The van der Waals surface area contributed by atoms with E-state index in [4.69, 9.17) is 37.6 Å². The van der Waals surface area contributed by atoms with Crippen LogP contribution in [0.15, 0.2) is 71.7 Å². The minimum absolute atomic E-state index is 0.137. The van der Waals surface area contributed by atoms with Crippen LogP contribution in [0.1, 0.15) is 38.8 Å². The summed E-state index contributed by atoms with van der Waals surface area (Å²) < 4.78 is 5.79. The Morgan fingerprint density at radius 3 is 2.12 bits per heavy atom. The molecule has 7 heteroatoms. The normalized spacial score (nSPS) is 11.1. The van der Waals surface area contributed by atoms with E-state index in [0.717, 1.165) is 28.1 Å². The summed E-state index contributed by atoms with van der Waals surface area (Å²) in [6.45, 7) is 8.84. The number of para-hydroxylation sites is 3. The molecule has 0 atom stereocenters. The van der Waals surface area contributed by atoms with Crippen LogP contribution in [-0.4, -0.2) is 17.9 Å². The van der Waals surface area contributed by atoms with Crippen LogP contribution < -0.4 is 4.74 Å². The number of aliphatic imine (C=N–C) groups is 1. The van der Waals surface area contributed by atoms with Crippen LogP contribution in [0.5, 0.6) is 11.5 Å². The quantitative estimate of drug-likeness (QED) is 0.267. The van der Waals surface area contributed by atoms with E-state index in [1.54, 1.807) is 6.21 Å². The minimum atomic E-state index is -1.92. The third kappa shape index (κ3) is 7.83. The molecule has 0 aliphatic rings. The van der Waals surface area contributed by atoms with Gasteiger partial charge < -0.3 is 9.84 Å². The second-order valence-electron chi connectivity index (χ2n) is 7.91. The molecule has 0 unspecified atom stereocenters. The van der Waals surface area contributed by atoms with Gasteiger partial charge in [0.25, 0.3) is 0 Å². The van der Waals surface area contributed by atoms with Crippen LogP contribution >= 0.6 is 27.9 Å². The number of hydrogen-bond donors (Lipinski definition) is 1. The Kier molecular flexibility index (Phi) is 10.6. The standard InChI is InChI=1S/C25H27NO2.3ClH.Ti/c1-5-28-23-16-9-7-13-20(23)19-12-6-8-15-22(19)26-17-18-11-10-14-21(24(18)27)25(2,3)4;;;;/h6-17,27H,5H2,1-4H3;3*1H;/q;;;;+3/p-3. The molecule has 0 radical (unpaired) electrons. The van der Waals surface area contributed by atoms with E-state index in [1.165, 1.54) is 0 Å². The first-order valence-electron chi connectivity index (χ1n) is 10.2. The molecule has 0 aromatic heterocycles. The summed E-state index contributed by atoms with van der Waals surface area (Å²) in [5.41, 5.74) is 4.31. The molecule has 3 rings (SSSR count). The number of rotatable bonds is 5. The van der Waals surface area contributed by atoms with E-state index >= 15 is 0 Å². The zero-order valence-electron chi connectivity index (χ0n) is 18.6. The Morgan fingerprint density at radius 2 is 1.50 bits per heavy atom. The van der Waals surface area contributed by atoms with Gasteiger partial charge in [-0.3, -0.25) is 4.99 Å². The Hall–Kier alpha value is -1.49. The molecule has 0 saturated heterocycles. The molecule has 0 heterocycles. The second-order valence-corrected chi connectivity index (χ2v) is 15.6. The Labute approximate surface area is 208 Å². The molecule has 0 bridgehead atoms. The van der Waals surface area contributed by atoms with Gasteiger partial charge in [0.2, 0.25) is 0 Å². The summed E-state index contributed by atoms with van der Waals surface area (Å²) in [5, 5.41) is 10.7.